The number of nitrogens with one attached hydrogen (secondary N) is 2. The molecule has 2 aromatic rings. The quantitative estimate of drug-likeness (QED) is 0.847. The molecule has 94 valence electrons. The summed E-state index contributed by atoms with van der Waals surface area (Å²) < 4.78 is 0. The molecule has 0 saturated heterocycles. The lowest BCUT2D eigenvalue weighted by Crippen LogP contribution is -2.03. The second kappa shape index (κ2) is 4.48. The standard InChI is InChI=1S/C15H19N3/c1-3-4-14-17-13-7-8-16-12-6-5-10(2)9-11(12)15(13)18-14/h5-6,9,16H,3-4,7-8H2,1-2H3,(H,17,18). The van der Waals surface area contributed by atoms with Crippen LogP contribution in [0.3, 0.4) is 0 Å². The second-order valence-corrected chi connectivity index (χ2v) is 4.99. The molecular formula is C15H19N3. The van der Waals surface area contributed by atoms with E-state index in [4.69, 9.17) is 4.98 Å². The van der Waals surface area contributed by atoms with Gasteiger partial charge >= 0.3 is 0 Å². The van der Waals surface area contributed by atoms with Crippen LogP contribution >= 0.6 is 0 Å². The first-order valence-corrected chi connectivity index (χ1v) is 6.70. The molecule has 3 nitrogen and oxygen atoms in total. The zero-order chi connectivity index (χ0) is 12.5. The maximum Gasteiger partial charge on any atom is 0.106 e. The molecule has 3 heteroatoms. The Morgan fingerprint density at radius 2 is 2.22 bits per heavy atom. The van der Waals surface area contributed by atoms with Crippen LogP contribution in [0.2, 0.25) is 0 Å². The summed E-state index contributed by atoms with van der Waals surface area (Å²) in [5.41, 5.74) is 6.14. The van der Waals surface area contributed by atoms with E-state index in [2.05, 4.69) is 42.3 Å². The lowest BCUT2D eigenvalue weighted by atomic mass is 10.1. The molecule has 1 aliphatic rings. The van der Waals surface area contributed by atoms with E-state index in [1.54, 1.807) is 0 Å². The first-order chi connectivity index (χ1) is 8.78. The molecule has 0 fully saturated rings. The van der Waals surface area contributed by atoms with Gasteiger partial charge in [0, 0.05) is 36.3 Å². The van der Waals surface area contributed by atoms with Crippen molar-refractivity contribution in [3.63, 3.8) is 0 Å². The molecule has 2 N–H and O–H groups in total. The fourth-order valence-corrected chi connectivity index (χ4v) is 2.55. The van der Waals surface area contributed by atoms with Gasteiger partial charge in [-0.05, 0) is 25.5 Å². The van der Waals surface area contributed by atoms with Gasteiger partial charge in [-0.2, -0.15) is 0 Å². The summed E-state index contributed by atoms with van der Waals surface area (Å²) in [6.07, 6.45) is 3.17. The highest BCUT2D eigenvalue weighted by Crippen LogP contribution is 2.32. The van der Waals surface area contributed by atoms with Crippen LogP contribution in [0.25, 0.3) is 11.3 Å². The van der Waals surface area contributed by atoms with E-state index < -0.39 is 0 Å². The Morgan fingerprint density at radius 3 is 3.06 bits per heavy atom. The molecule has 0 saturated carbocycles. The van der Waals surface area contributed by atoms with E-state index in [1.165, 1.54) is 22.5 Å². The summed E-state index contributed by atoms with van der Waals surface area (Å²) in [5, 5.41) is 3.48. The minimum Gasteiger partial charge on any atom is -0.384 e. The fourth-order valence-electron chi connectivity index (χ4n) is 2.55. The van der Waals surface area contributed by atoms with Crippen molar-refractivity contribution in [3.8, 4) is 11.3 Å². The third kappa shape index (κ3) is 1.90. The average Bonchev–Trinajstić information content (AvgIpc) is 2.67. The molecule has 0 spiro atoms. The molecule has 1 aromatic carbocycles. The summed E-state index contributed by atoms with van der Waals surface area (Å²) in [4.78, 5) is 8.27. The van der Waals surface area contributed by atoms with Crippen LogP contribution < -0.4 is 5.32 Å². The molecule has 18 heavy (non-hydrogen) atoms. The molecule has 0 atom stereocenters. The van der Waals surface area contributed by atoms with Crippen molar-refractivity contribution in [2.24, 2.45) is 0 Å². The molecule has 1 aliphatic heterocycles. The number of hydrogen-bond acceptors (Lipinski definition) is 2. The number of anilines is 1. The fraction of sp³-hybridized carbons (Fsp3) is 0.400. The van der Waals surface area contributed by atoms with Crippen LogP contribution in [0.5, 0.6) is 0 Å². The van der Waals surface area contributed by atoms with E-state index in [9.17, 15) is 0 Å². The second-order valence-electron chi connectivity index (χ2n) is 4.99. The number of benzene rings is 1. The van der Waals surface area contributed by atoms with Gasteiger partial charge in [0.2, 0.25) is 0 Å². The highest BCUT2D eigenvalue weighted by atomic mass is 15.0. The van der Waals surface area contributed by atoms with Crippen LogP contribution in [0.1, 0.15) is 30.4 Å². The average molecular weight is 241 g/mol. The number of fused-ring (bicyclic) bond motifs is 3. The number of aromatic amines is 1. The maximum atomic E-state index is 4.79. The number of aryl methyl sites for hydroxylation is 2. The Bertz CT molecular complexity index is 569. The van der Waals surface area contributed by atoms with Crippen molar-refractivity contribution in [2.45, 2.75) is 33.1 Å². The van der Waals surface area contributed by atoms with Gasteiger partial charge < -0.3 is 10.3 Å². The van der Waals surface area contributed by atoms with Crippen LogP contribution in [-0.2, 0) is 12.8 Å². The van der Waals surface area contributed by atoms with Gasteiger partial charge in [-0.1, -0.05) is 18.6 Å². The van der Waals surface area contributed by atoms with Crippen molar-refractivity contribution in [2.75, 3.05) is 11.9 Å². The number of imidazole rings is 1. The molecule has 2 heterocycles. The SMILES string of the molecule is CCCc1nc2c([nH]1)CCNc1ccc(C)cc1-2. The summed E-state index contributed by atoms with van der Waals surface area (Å²) in [5.74, 6) is 1.12. The Balaban J connectivity index is 2.13. The third-order valence-electron chi connectivity index (χ3n) is 3.44. The lowest BCUT2D eigenvalue weighted by molar-refractivity contribution is 0.847. The minimum atomic E-state index is 0.969. The molecule has 3 rings (SSSR count). The molecule has 0 amide bonds. The Labute approximate surface area is 108 Å². The predicted octanol–water partition coefficient (Wildman–Crippen LogP) is 3.31. The van der Waals surface area contributed by atoms with Crippen LogP contribution in [0.4, 0.5) is 5.69 Å². The summed E-state index contributed by atoms with van der Waals surface area (Å²) in [7, 11) is 0. The predicted molar refractivity (Wildman–Crippen MR) is 74.9 cm³/mol. The van der Waals surface area contributed by atoms with E-state index >= 15 is 0 Å². The van der Waals surface area contributed by atoms with Crippen molar-refractivity contribution in [1.29, 1.82) is 0 Å². The van der Waals surface area contributed by atoms with Gasteiger partial charge in [0.25, 0.3) is 0 Å². The van der Waals surface area contributed by atoms with E-state index in [1.807, 2.05) is 0 Å². The van der Waals surface area contributed by atoms with Gasteiger partial charge in [-0.3, -0.25) is 0 Å². The monoisotopic (exact) mass is 241 g/mol. The molecule has 1 aromatic heterocycles. The van der Waals surface area contributed by atoms with Crippen molar-refractivity contribution in [1.82, 2.24) is 9.97 Å². The minimum absolute atomic E-state index is 0.969. The van der Waals surface area contributed by atoms with Gasteiger partial charge in [0.1, 0.15) is 5.82 Å². The smallest absolute Gasteiger partial charge is 0.106 e. The van der Waals surface area contributed by atoms with Gasteiger partial charge in [0.15, 0.2) is 0 Å². The highest BCUT2D eigenvalue weighted by molar-refractivity contribution is 5.78. The first-order valence-electron chi connectivity index (χ1n) is 6.70. The first kappa shape index (κ1) is 11.3. The highest BCUT2D eigenvalue weighted by Gasteiger charge is 2.18. The van der Waals surface area contributed by atoms with Crippen LogP contribution in [0.15, 0.2) is 18.2 Å². The topological polar surface area (TPSA) is 40.7 Å². The number of hydrogen-bond donors (Lipinski definition) is 2. The Morgan fingerprint density at radius 1 is 1.33 bits per heavy atom. The zero-order valence-corrected chi connectivity index (χ0v) is 11.0. The summed E-state index contributed by atoms with van der Waals surface area (Å²) in [6, 6.07) is 6.54. The van der Waals surface area contributed by atoms with Crippen molar-refractivity contribution >= 4 is 5.69 Å². The number of nitrogens with zero attached hydrogens (tertiary/aromatic N) is 1. The van der Waals surface area contributed by atoms with Gasteiger partial charge in [0.05, 0.1) is 5.69 Å². The van der Waals surface area contributed by atoms with Crippen LogP contribution in [0, 0.1) is 6.92 Å². The third-order valence-corrected chi connectivity index (χ3v) is 3.44. The number of aromatic nitrogens is 2. The molecule has 0 aliphatic carbocycles. The van der Waals surface area contributed by atoms with Crippen LogP contribution in [-0.4, -0.2) is 16.5 Å². The van der Waals surface area contributed by atoms with E-state index in [0.717, 1.165) is 37.3 Å². The molecular weight excluding hydrogens is 222 g/mol. The van der Waals surface area contributed by atoms with Gasteiger partial charge in [-0.25, -0.2) is 4.98 Å². The molecule has 0 bridgehead atoms. The molecule has 0 radical (unpaired) electrons. The van der Waals surface area contributed by atoms with Gasteiger partial charge in [-0.15, -0.1) is 0 Å². The van der Waals surface area contributed by atoms with E-state index in [0.29, 0.717) is 0 Å². The number of H-pyrrole nitrogens is 1. The maximum absolute atomic E-state index is 4.79. The van der Waals surface area contributed by atoms with E-state index in [-0.39, 0.29) is 0 Å². The normalized spacial score (nSPS) is 13.4. The Hall–Kier alpha value is -1.77. The lowest BCUT2D eigenvalue weighted by Gasteiger charge is -2.07. The summed E-state index contributed by atoms with van der Waals surface area (Å²) in [6.45, 7) is 5.29. The zero-order valence-electron chi connectivity index (χ0n) is 11.0. The number of rotatable bonds is 2. The Kier molecular flexibility index (Phi) is 2.82. The van der Waals surface area contributed by atoms with Crippen molar-refractivity contribution < 1.29 is 0 Å². The summed E-state index contributed by atoms with van der Waals surface area (Å²) >= 11 is 0. The molecule has 0 unspecified atom stereocenters. The largest absolute Gasteiger partial charge is 0.384 e. The van der Waals surface area contributed by atoms with Crippen molar-refractivity contribution in [3.05, 3.63) is 35.3 Å².